The summed E-state index contributed by atoms with van der Waals surface area (Å²) in [4.78, 5) is 1.75. The van der Waals surface area contributed by atoms with E-state index in [-0.39, 0.29) is 17.9 Å². The first-order valence-electron chi connectivity index (χ1n) is 7.09. The summed E-state index contributed by atoms with van der Waals surface area (Å²) in [5.41, 5.74) is 2.61. The van der Waals surface area contributed by atoms with E-state index in [9.17, 15) is 8.78 Å². The minimum Gasteiger partial charge on any atom is -0.392 e. The lowest BCUT2D eigenvalue weighted by atomic mass is 10.0. The van der Waals surface area contributed by atoms with Crippen LogP contribution >= 0.6 is 0 Å². The van der Waals surface area contributed by atoms with Gasteiger partial charge in [-0.15, -0.1) is 0 Å². The number of anilines is 1. The smallest absolute Gasteiger partial charge is 0.149 e. The Kier molecular flexibility index (Phi) is 3.88. The van der Waals surface area contributed by atoms with Gasteiger partial charge in [0.25, 0.3) is 0 Å². The van der Waals surface area contributed by atoms with E-state index in [0.717, 1.165) is 18.4 Å². The number of hydrogen-bond donors (Lipinski definition) is 1. The molecule has 0 atom stereocenters. The molecular weight excluding hydrogens is 272 g/mol. The molecule has 2 aromatic rings. The maximum atomic E-state index is 14.2. The Morgan fingerprint density at radius 3 is 2.38 bits per heavy atom. The lowest BCUT2D eigenvalue weighted by molar-refractivity contribution is 0.280. The SMILES string of the molecule is OCc1cc(F)c(N2CCCc3ccccc3C2)c(F)c1. The van der Waals surface area contributed by atoms with Crippen LogP contribution in [0.1, 0.15) is 23.1 Å². The number of hydrogen-bond acceptors (Lipinski definition) is 2. The molecule has 0 unspecified atom stereocenters. The van der Waals surface area contributed by atoms with Crippen molar-refractivity contribution in [2.45, 2.75) is 26.0 Å². The van der Waals surface area contributed by atoms with Gasteiger partial charge in [-0.2, -0.15) is 0 Å². The van der Waals surface area contributed by atoms with Gasteiger partial charge in [-0.3, -0.25) is 0 Å². The molecule has 0 spiro atoms. The molecule has 0 bridgehead atoms. The number of nitrogens with zero attached hydrogens (tertiary/aromatic N) is 1. The second kappa shape index (κ2) is 5.82. The zero-order valence-electron chi connectivity index (χ0n) is 11.6. The predicted octanol–water partition coefficient (Wildman–Crippen LogP) is 3.41. The first-order valence-corrected chi connectivity index (χ1v) is 7.09. The maximum absolute atomic E-state index is 14.2. The summed E-state index contributed by atoms with van der Waals surface area (Å²) in [6.45, 7) is 0.750. The van der Waals surface area contributed by atoms with Crippen molar-refractivity contribution in [3.05, 3.63) is 64.7 Å². The molecule has 0 amide bonds. The fourth-order valence-electron chi connectivity index (χ4n) is 2.90. The van der Waals surface area contributed by atoms with Crippen LogP contribution in [-0.4, -0.2) is 11.7 Å². The van der Waals surface area contributed by atoms with Crippen molar-refractivity contribution in [1.82, 2.24) is 0 Å². The highest BCUT2D eigenvalue weighted by molar-refractivity contribution is 5.52. The van der Waals surface area contributed by atoms with Gasteiger partial charge >= 0.3 is 0 Å². The minimum absolute atomic E-state index is 0.00361. The Bertz CT molecular complexity index is 634. The molecule has 2 nitrogen and oxygen atoms in total. The summed E-state index contributed by atoms with van der Waals surface area (Å²) < 4.78 is 28.4. The molecular formula is C17H17F2NO. The third-order valence-corrected chi connectivity index (χ3v) is 3.93. The topological polar surface area (TPSA) is 23.5 Å². The van der Waals surface area contributed by atoms with Gasteiger partial charge in [-0.05, 0) is 41.7 Å². The first kappa shape index (κ1) is 14.0. The third-order valence-electron chi connectivity index (χ3n) is 3.93. The summed E-state index contributed by atoms with van der Waals surface area (Å²) in [6, 6.07) is 10.4. The highest BCUT2D eigenvalue weighted by atomic mass is 19.1. The van der Waals surface area contributed by atoms with Gasteiger partial charge in [0.1, 0.15) is 17.3 Å². The van der Waals surface area contributed by atoms with Gasteiger partial charge in [-0.25, -0.2) is 8.78 Å². The third kappa shape index (κ3) is 2.76. The molecule has 1 heterocycles. The van der Waals surface area contributed by atoms with Crippen molar-refractivity contribution < 1.29 is 13.9 Å². The first-order chi connectivity index (χ1) is 10.2. The summed E-state index contributed by atoms with van der Waals surface area (Å²) in [5, 5.41) is 9.02. The van der Waals surface area contributed by atoms with E-state index in [2.05, 4.69) is 6.07 Å². The molecule has 1 N–H and O–H groups in total. The molecule has 0 saturated carbocycles. The number of halogens is 2. The van der Waals surface area contributed by atoms with Crippen LogP contribution in [0.4, 0.5) is 14.5 Å². The number of aliphatic hydroxyl groups excluding tert-OH is 1. The fourth-order valence-corrected chi connectivity index (χ4v) is 2.90. The van der Waals surface area contributed by atoms with Crippen molar-refractivity contribution in [2.24, 2.45) is 0 Å². The zero-order valence-corrected chi connectivity index (χ0v) is 11.6. The van der Waals surface area contributed by atoms with E-state index in [1.807, 2.05) is 18.2 Å². The summed E-state index contributed by atoms with van der Waals surface area (Å²) in [7, 11) is 0. The van der Waals surface area contributed by atoms with Gasteiger partial charge in [0.15, 0.2) is 0 Å². The molecule has 2 aromatic carbocycles. The molecule has 0 fully saturated rings. The number of rotatable bonds is 2. The molecule has 0 aromatic heterocycles. The van der Waals surface area contributed by atoms with Gasteiger partial charge < -0.3 is 10.0 Å². The van der Waals surface area contributed by atoms with Crippen LogP contribution < -0.4 is 4.90 Å². The molecule has 110 valence electrons. The quantitative estimate of drug-likeness (QED) is 0.916. The van der Waals surface area contributed by atoms with Crippen molar-refractivity contribution in [2.75, 3.05) is 11.4 Å². The maximum Gasteiger partial charge on any atom is 0.149 e. The monoisotopic (exact) mass is 289 g/mol. The van der Waals surface area contributed by atoms with Gasteiger partial charge in [0.2, 0.25) is 0 Å². The number of fused-ring (bicyclic) bond motifs is 1. The number of aryl methyl sites for hydroxylation is 1. The van der Waals surface area contributed by atoms with Crippen molar-refractivity contribution in [3.8, 4) is 0 Å². The molecule has 0 radical (unpaired) electrons. The van der Waals surface area contributed by atoms with E-state index in [4.69, 9.17) is 5.11 Å². The predicted molar refractivity (Wildman–Crippen MR) is 78.1 cm³/mol. The molecule has 0 saturated heterocycles. The highest BCUT2D eigenvalue weighted by Crippen LogP contribution is 2.29. The van der Waals surface area contributed by atoms with Crippen molar-refractivity contribution in [1.29, 1.82) is 0 Å². The molecule has 4 heteroatoms. The van der Waals surface area contributed by atoms with Crippen LogP contribution in [0.25, 0.3) is 0 Å². The molecule has 0 aliphatic carbocycles. The van der Waals surface area contributed by atoms with Crippen molar-refractivity contribution >= 4 is 5.69 Å². The molecule has 3 rings (SSSR count). The standard InChI is InChI=1S/C17H17F2NO/c18-15-8-12(11-21)9-16(19)17(15)20-7-3-6-13-4-1-2-5-14(13)10-20/h1-2,4-5,8-9,21H,3,6-7,10-11H2. The van der Waals surface area contributed by atoms with E-state index >= 15 is 0 Å². The number of benzene rings is 2. The second-order valence-electron chi connectivity index (χ2n) is 5.36. The average Bonchev–Trinajstić information content (AvgIpc) is 2.68. The largest absolute Gasteiger partial charge is 0.392 e. The van der Waals surface area contributed by atoms with Crippen LogP contribution in [0.3, 0.4) is 0 Å². The Morgan fingerprint density at radius 2 is 1.71 bits per heavy atom. The van der Waals surface area contributed by atoms with Crippen LogP contribution in [0.15, 0.2) is 36.4 Å². The lowest BCUT2D eigenvalue weighted by Crippen LogP contribution is -2.25. The van der Waals surface area contributed by atoms with E-state index in [1.54, 1.807) is 4.90 Å². The average molecular weight is 289 g/mol. The van der Waals surface area contributed by atoms with E-state index < -0.39 is 11.6 Å². The van der Waals surface area contributed by atoms with E-state index in [0.29, 0.717) is 13.1 Å². The molecule has 21 heavy (non-hydrogen) atoms. The zero-order chi connectivity index (χ0) is 14.8. The highest BCUT2D eigenvalue weighted by Gasteiger charge is 2.21. The molecule has 1 aliphatic rings. The normalized spacial score (nSPS) is 14.7. The van der Waals surface area contributed by atoms with Crippen LogP contribution in [0.2, 0.25) is 0 Å². The Labute approximate surface area is 122 Å². The summed E-state index contributed by atoms with van der Waals surface area (Å²) >= 11 is 0. The van der Waals surface area contributed by atoms with Crippen molar-refractivity contribution in [3.63, 3.8) is 0 Å². The van der Waals surface area contributed by atoms with Gasteiger partial charge in [0.05, 0.1) is 6.61 Å². The Hall–Kier alpha value is -1.94. The Balaban J connectivity index is 1.98. The second-order valence-corrected chi connectivity index (χ2v) is 5.36. The Morgan fingerprint density at radius 1 is 1.05 bits per heavy atom. The fraction of sp³-hybridized carbons (Fsp3) is 0.294. The van der Waals surface area contributed by atoms with E-state index in [1.165, 1.54) is 17.7 Å². The number of aliphatic hydroxyl groups is 1. The van der Waals surface area contributed by atoms with Gasteiger partial charge in [-0.1, -0.05) is 24.3 Å². The lowest BCUT2D eigenvalue weighted by Gasteiger charge is -2.24. The van der Waals surface area contributed by atoms with Crippen LogP contribution in [0.5, 0.6) is 0 Å². The summed E-state index contributed by atoms with van der Waals surface area (Å²) in [5.74, 6) is -1.23. The van der Waals surface area contributed by atoms with Crippen LogP contribution in [-0.2, 0) is 19.6 Å². The minimum atomic E-state index is -0.613. The summed E-state index contributed by atoms with van der Waals surface area (Å²) in [6.07, 6.45) is 1.78. The van der Waals surface area contributed by atoms with Crippen LogP contribution in [0, 0.1) is 11.6 Å². The van der Waals surface area contributed by atoms with Gasteiger partial charge in [0, 0.05) is 13.1 Å². The molecule has 1 aliphatic heterocycles.